The first-order valence-electron chi connectivity index (χ1n) is 4.78. The molecule has 0 aliphatic rings. The Morgan fingerprint density at radius 3 is 2.14 bits per heavy atom. The molecule has 0 aliphatic heterocycles. The number of rotatable bonds is 4. The van der Waals surface area contributed by atoms with Gasteiger partial charge in [0.05, 0.1) is 6.42 Å². The van der Waals surface area contributed by atoms with Gasteiger partial charge in [-0.25, -0.2) is 0 Å². The minimum Gasteiger partial charge on any atom is -0.481 e. The summed E-state index contributed by atoms with van der Waals surface area (Å²) in [6.45, 7) is 7.49. The lowest BCUT2D eigenvalue weighted by molar-refractivity contribution is -0.138. The summed E-state index contributed by atoms with van der Waals surface area (Å²) in [6.07, 6.45) is 0.349. The van der Waals surface area contributed by atoms with E-state index in [1.54, 1.807) is 6.92 Å². The number of nitrogens with one attached hydrogen (secondary N) is 1. The van der Waals surface area contributed by atoms with Gasteiger partial charge in [-0.15, -0.1) is 0 Å². The molecule has 0 aromatic carbocycles. The fourth-order valence-corrected chi connectivity index (χ4v) is 1.04. The molecule has 0 radical (unpaired) electrons. The van der Waals surface area contributed by atoms with Crippen LogP contribution in [0.15, 0.2) is 0 Å². The first-order valence-corrected chi connectivity index (χ1v) is 4.78. The molecule has 4 heteroatoms. The largest absolute Gasteiger partial charge is 0.481 e. The highest BCUT2D eigenvalue weighted by atomic mass is 16.4. The summed E-state index contributed by atoms with van der Waals surface area (Å²) in [5.74, 6) is -0.993. The summed E-state index contributed by atoms with van der Waals surface area (Å²) in [5, 5.41) is 11.4. The second kappa shape index (κ2) is 4.98. The van der Waals surface area contributed by atoms with E-state index in [0.29, 0.717) is 6.42 Å². The van der Waals surface area contributed by atoms with Crippen molar-refractivity contribution < 1.29 is 14.7 Å². The van der Waals surface area contributed by atoms with E-state index in [9.17, 15) is 9.59 Å². The van der Waals surface area contributed by atoms with E-state index in [0.717, 1.165) is 0 Å². The lowest BCUT2D eigenvalue weighted by Crippen LogP contribution is -2.44. The molecule has 0 aliphatic carbocycles. The van der Waals surface area contributed by atoms with Crippen LogP contribution in [0.4, 0.5) is 0 Å². The molecule has 0 saturated heterocycles. The van der Waals surface area contributed by atoms with Gasteiger partial charge in [0.2, 0.25) is 5.91 Å². The number of carboxylic acid groups (broad SMARTS) is 1. The van der Waals surface area contributed by atoms with Gasteiger partial charge in [0.25, 0.3) is 0 Å². The molecule has 14 heavy (non-hydrogen) atoms. The van der Waals surface area contributed by atoms with Crippen molar-refractivity contribution in [1.29, 1.82) is 0 Å². The van der Waals surface area contributed by atoms with Crippen LogP contribution in [0.25, 0.3) is 0 Å². The number of carbonyl (C=O) groups excluding carboxylic acids is 1. The number of carbonyl (C=O) groups is 2. The maximum Gasteiger partial charge on any atom is 0.305 e. The van der Waals surface area contributed by atoms with Crippen LogP contribution in [0.2, 0.25) is 0 Å². The molecule has 1 unspecified atom stereocenters. The molecule has 0 spiro atoms. The van der Waals surface area contributed by atoms with Crippen LogP contribution >= 0.6 is 0 Å². The molecular weight excluding hydrogens is 182 g/mol. The van der Waals surface area contributed by atoms with Crippen molar-refractivity contribution in [3.63, 3.8) is 0 Å². The Balaban J connectivity index is 4.41. The van der Waals surface area contributed by atoms with Crippen molar-refractivity contribution in [2.24, 2.45) is 5.41 Å². The average molecular weight is 201 g/mol. The fraction of sp³-hybridized carbons (Fsp3) is 0.800. The molecule has 0 rings (SSSR count). The van der Waals surface area contributed by atoms with Gasteiger partial charge in [-0.2, -0.15) is 0 Å². The van der Waals surface area contributed by atoms with Crippen molar-refractivity contribution in [2.75, 3.05) is 0 Å². The molecule has 0 aromatic rings. The minimum absolute atomic E-state index is 0.0325. The normalized spacial score (nSPS) is 13.4. The molecule has 0 bridgehead atoms. The summed E-state index contributed by atoms with van der Waals surface area (Å²) in [5.41, 5.74) is -0.233. The van der Waals surface area contributed by atoms with Crippen LogP contribution in [0.5, 0.6) is 0 Å². The Kier molecular flexibility index (Phi) is 4.60. The van der Waals surface area contributed by atoms with E-state index in [2.05, 4.69) is 5.32 Å². The van der Waals surface area contributed by atoms with Crippen LogP contribution in [-0.4, -0.2) is 23.0 Å². The van der Waals surface area contributed by atoms with E-state index >= 15 is 0 Å². The van der Waals surface area contributed by atoms with Gasteiger partial charge in [-0.1, -0.05) is 27.7 Å². The van der Waals surface area contributed by atoms with Crippen molar-refractivity contribution >= 4 is 11.9 Å². The van der Waals surface area contributed by atoms with E-state index in [1.165, 1.54) is 0 Å². The molecule has 2 N–H and O–H groups in total. The molecule has 82 valence electrons. The molecule has 0 saturated carbocycles. The summed E-state index contributed by atoms with van der Waals surface area (Å²) in [4.78, 5) is 21.7. The maximum absolute atomic E-state index is 11.1. The van der Waals surface area contributed by atoms with Crippen molar-refractivity contribution in [1.82, 2.24) is 5.32 Å². The maximum atomic E-state index is 11.1. The second-order valence-corrected chi connectivity index (χ2v) is 4.44. The molecule has 1 amide bonds. The summed E-state index contributed by atoms with van der Waals surface area (Å²) < 4.78 is 0. The number of carboxylic acids is 1. The summed E-state index contributed by atoms with van der Waals surface area (Å²) >= 11 is 0. The van der Waals surface area contributed by atoms with Gasteiger partial charge in [0.15, 0.2) is 0 Å². The number of hydrogen-bond acceptors (Lipinski definition) is 2. The Morgan fingerprint density at radius 1 is 1.36 bits per heavy atom. The van der Waals surface area contributed by atoms with Crippen molar-refractivity contribution in [3.05, 3.63) is 0 Å². The topological polar surface area (TPSA) is 66.4 Å². The minimum atomic E-state index is -0.888. The lowest BCUT2D eigenvalue weighted by Gasteiger charge is -2.30. The number of amides is 1. The third kappa shape index (κ3) is 4.84. The first kappa shape index (κ1) is 12.9. The van der Waals surface area contributed by atoms with Gasteiger partial charge < -0.3 is 10.4 Å². The zero-order chi connectivity index (χ0) is 11.4. The molecule has 4 nitrogen and oxygen atoms in total. The van der Waals surface area contributed by atoms with Gasteiger partial charge in [-0.05, 0) is 5.41 Å². The van der Waals surface area contributed by atoms with Crippen molar-refractivity contribution in [3.8, 4) is 0 Å². The standard InChI is InChI=1S/C10H19NO3/c1-5-8(12)11-7(6-9(13)14)10(2,3)4/h7H,5-6H2,1-4H3,(H,11,12)(H,13,14). The molecule has 0 aromatic heterocycles. The highest BCUT2D eigenvalue weighted by Gasteiger charge is 2.27. The van der Waals surface area contributed by atoms with Crippen LogP contribution in [0.1, 0.15) is 40.5 Å². The van der Waals surface area contributed by atoms with Crippen LogP contribution in [0.3, 0.4) is 0 Å². The zero-order valence-electron chi connectivity index (χ0n) is 9.26. The Labute approximate surface area is 84.7 Å². The number of aliphatic carboxylic acids is 1. The molecule has 0 fully saturated rings. The van der Waals surface area contributed by atoms with Crippen LogP contribution in [0, 0.1) is 5.41 Å². The predicted octanol–water partition coefficient (Wildman–Crippen LogP) is 1.40. The zero-order valence-corrected chi connectivity index (χ0v) is 9.26. The van der Waals surface area contributed by atoms with Gasteiger partial charge in [0.1, 0.15) is 0 Å². The first-order chi connectivity index (χ1) is 6.27. The Hall–Kier alpha value is -1.06. The van der Waals surface area contributed by atoms with Gasteiger partial charge >= 0.3 is 5.97 Å². The molecule has 1 atom stereocenters. The molecule has 0 heterocycles. The predicted molar refractivity (Wildman–Crippen MR) is 53.9 cm³/mol. The van der Waals surface area contributed by atoms with Crippen LogP contribution in [-0.2, 0) is 9.59 Å². The summed E-state index contributed by atoms with van der Waals surface area (Å²) in [7, 11) is 0. The van der Waals surface area contributed by atoms with Gasteiger partial charge in [0, 0.05) is 12.5 Å². The van der Waals surface area contributed by atoms with Crippen LogP contribution < -0.4 is 5.32 Å². The van der Waals surface area contributed by atoms with Gasteiger partial charge in [-0.3, -0.25) is 9.59 Å². The third-order valence-corrected chi connectivity index (χ3v) is 2.08. The Morgan fingerprint density at radius 2 is 1.86 bits per heavy atom. The Bertz CT molecular complexity index is 218. The van der Waals surface area contributed by atoms with E-state index in [4.69, 9.17) is 5.11 Å². The fourth-order valence-electron chi connectivity index (χ4n) is 1.04. The smallest absolute Gasteiger partial charge is 0.305 e. The lowest BCUT2D eigenvalue weighted by atomic mass is 9.84. The quantitative estimate of drug-likeness (QED) is 0.722. The highest BCUT2D eigenvalue weighted by molar-refractivity contribution is 5.77. The summed E-state index contributed by atoms with van der Waals surface area (Å²) in [6, 6.07) is -0.313. The average Bonchev–Trinajstić information content (AvgIpc) is 2.00. The van der Waals surface area contributed by atoms with E-state index < -0.39 is 5.97 Å². The van der Waals surface area contributed by atoms with E-state index in [1.807, 2.05) is 20.8 Å². The SMILES string of the molecule is CCC(=O)NC(CC(=O)O)C(C)(C)C. The third-order valence-electron chi connectivity index (χ3n) is 2.08. The molecular formula is C10H19NO3. The highest BCUT2D eigenvalue weighted by Crippen LogP contribution is 2.21. The van der Waals surface area contributed by atoms with Crippen molar-refractivity contribution in [2.45, 2.75) is 46.6 Å². The number of hydrogen-bond donors (Lipinski definition) is 2. The second-order valence-electron chi connectivity index (χ2n) is 4.44. The van der Waals surface area contributed by atoms with E-state index in [-0.39, 0.29) is 23.8 Å². The monoisotopic (exact) mass is 201 g/mol.